The van der Waals surface area contributed by atoms with Crippen molar-refractivity contribution in [3.05, 3.63) is 71.7 Å². The monoisotopic (exact) mass is 449 g/mol. The molecule has 3 aromatic rings. The van der Waals surface area contributed by atoms with E-state index >= 15 is 0 Å². The second-order valence-corrected chi connectivity index (χ2v) is 9.43. The highest BCUT2D eigenvalue weighted by molar-refractivity contribution is 5.98. The van der Waals surface area contributed by atoms with Gasteiger partial charge in [-0.1, -0.05) is 36.4 Å². The predicted octanol–water partition coefficient (Wildman–Crippen LogP) is 4.84. The zero-order valence-corrected chi connectivity index (χ0v) is 19.0. The number of nitrogens with zero attached hydrogens (tertiary/aromatic N) is 2. The largest absolute Gasteiger partial charge is 0.376 e. The third kappa shape index (κ3) is 5.28. The molecule has 0 radical (unpaired) electrons. The van der Waals surface area contributed by atoms with Crippen LogP contribution in [0.4, 0.5) is 4.39 Å². The minimum Gasteiger partial charge on any atom is -0.376 e. The molecule has 2 saturated heterocycles. The van der Waals surface area contributed by atoms with Gasteiger partial charge in [0.15, 0.2) is 0 Å². The van der Waals surface area contributed by atoms with Crippen molar-refractivity contribution >= 4 is 16.8 Å². The van der Waals surface area contributed by atoms with Gasteiger partial charge in [0, 0.05) is 42.7 Å². The first kappa shape index (κ1) is 22.1. The molecule has 1 atom stereocenters. The minimum absolute atomic E-state index is 0.0514. The Bertz CT molecular complexity index is 1050. The molecular formula is C27H32FN3O2. The molecule has 0 saturated carbocycles. The van der Waals surface area contributed by atoms with E-state index in [1.807, 2.05) is 47.4 Å². The Morgan fingerprint density at radius 1 is 1.06 bits per heavy atom. The first-order valence-corrected chi connectivity index (χ1v) is 12.1. The van der Waals surface area contributed by atoms with Crippen LogP contribution in [-0.2, 0) is 11.3 Å². The number of amides is 1. The molecule has 5 rings (SSSR count). The average Bonchev–Trinajstić information content (AvgIpc) is 3.50. The molecule has 3 heterocycles. The molecule has 0 spiro atoms. The maximum absolute atomic E-state index is 14.0. The molecule has 1 aromatic heterocycles. The Morgan fingerprint density at radius 2 is 1.85 bits per heavy atom. The standard InChI is InChI=1S/C27H32FN3O2/c28-24-9-3-1-7-22(24)18-30-13-11-20(12-14-30)17-31(19-23-8-5-15-33-23)27(32)26-16-21-6-2-4-10-25(21)29-26/h1-4,6-7,9-10,16,20,23,29H,5,8,11-15,17-19H2. The number of likely N-dealkylation sites (tertiary alicyclic amines) is 1. The van der Waals surface area contributed by atoms with Gasteiger partial charge >= 0.3 is 0 Å². The van der Waals surface area contributed by atoms with Gasteiger partial charge in [0.1, 0.15) is 11.5 Å². The highest BCUT2D eigenvalue weighted by atomic mass is 19.1. The summed E-state index contributed by atoms with van der Waals surface area (Å²) in [7, 11) is 0. The van der Waals surface area contributed by atoms with Crippen molar-refractivity contribution in [2.75, 3.05) is 32.8 Å². The SMILES string of the molecule is O=C(c1cc2ccccc2[nH]1)N(CC1CCN(Cc2ccccc2F)CC1)CC1CCCO1. The van der Waals surface area contributed by atoms with Gasteiger partial charge in [0.05, 0.1) is 6.10 Å². The lowest BCUT2D eigenvalue weighted by Crippen LogP contribution is -2.43. The number of benzene rings is 2. The molecule has 2 aliphatic heterocycles. The molecule has 33 heavy (non-hydrogen) atoms. The highest BCUT2D eigenvalue weighted by Crippen LogP contribution is 2.24. The number of aromatic nitrogens is 1. The van der Waals surface area contributed by atoms with Crippen molar-refractivity contribution in [2.24, 2.45) is 5.92 Å². The van der Waals surface area contributed by atoms with Crippen LogP contribution in [0.2, 0.25) is 0 Å². The van der Waals surface area contributed by atoms with Crippen LogP contribution in [0, 0.1) is 11.7 Å². The summed E-state index contributed by atoms with van der Waals surface area (Å²) in [6.45, 7) is 4.66. The number of nitrogens with one attached hydrogen (secondary N) is 1. The third-order valence-corrected chi connectivity index (χ3v) is 7.03. The number of carbonyl (C=O) groups is 1. The van der Waals surface area contributed by atoms with Crippen LogP contribution in [0.25, 0.3) is 10.9 Å². The van der Waals surface area contributed by atoms with Gasteiger partial charge in [-0.3, -0.25) is 9.69 Å². The number of halogens is 1. The number of H-pyrrole nitrogens is 1. The van der Waals surface area contributed by atoms with E-state index in [0.29, 0.717) is 24.7 Å². The molecule has 1 amide bonds. The Balaban J connectivity index is 1.23. The summed E-state index contributed by atoms with van der Waals surface area (Å²) in [5.74, 6) is 0.360. The highest BCUT2D eigenvalue weighted by Gasteiger charge is 2.28. The van der Waals surface area contributed by atoms with Crippen LogP contribution < -0.4 is 0 Å². The van der Waals surface area contributed by atoms with Crippen LogP contribution in [0.1, 0.15) is 41.7 Å². The maximum Gasteiger partial charge on any atom is 0.270 e. The number of carbonyl (C=O) groups excluding carboxylic acids is 1. The topological polar surface area (TPSA) is 48.6 Å². The predicted molar refractivity (Wildman–Crippen MR) is 128 cm³/mol. The molecule has 6 heteroatoms. The second-order valence-electron chi connectivity index (χ2n) is 9.43. The number of piperidine rings is 1. The van der Waals surface area contributed by atoms with Crippen LogP contribution in [0.5, 0.6) is 0 Å². The first-order chi connectivity index (χ1) is 16.2. The van der Waals surface area contributed by atoms with Crippen LogP contribution >= 0.6 is 0 Å². The van der Waals surface area contributed by atoms with Crippen LogP contribution in [0.15, 0.2) is 54.6 Å². The Morgan fingerprint density at radius 3 is 2.61 bits per heavy atom. The van der Waals surface area contributed by atoms with Crippen molar-refractivity contribution in [1.82, 2.24) is 14.8 Å². The second kappa shape index (κ2) is 10.1. The molecule has 0 bridgehead atoms. The lowest BCUT2D eigenvalue weighted by atomic mass is 9.95. The summed E-state index contributed by atoms with van der Waals surface area (Å²) < 4.78 is 19.9. The number of hydrogen-bond donors (Lipinski definition) is 1. The van der Waals surface area contributed by atoms with Crippen molar-refractivity contribution in [2.45, 2.75) is 38.3 Å². The molecule has 5 nitrogen and oxygen atoms in total. The molecule has 1 unspecified atom stereocenters. The van der Waals surface area contributed by atoms with E-state index in [0.717, 1.165) is 68.4 Å². The van der Waals surface area contributed by atoms with Gasteiger partial charge in [0.2, 0.25) is 0 Å². The summed E-state index contributed by atoms with van der Waals surface area (Å²) in [4.78, 5) is 21.1. The number of hydrogen-bond acceptors (Lipinski definition) is 3. The molecule has 2 aliphatic rings. The molecule has 2 aromatic carbocycles. The van der Waals surface area contributed by atoms with Crippen molar-refractivity contribution < 1.29 is 13.9 Å². The number of para-hydroxylation sites is 1. The van der Waals surface area contributed by atoms with E-state index in [1.54, 1.807) is 6.07 Å². The third-order valence-electron chi connectivity index (χ3n) is 7.03. The van der Waals surface area contributed by atoms with Gasteiger partial charge in [0.25, 0.3) is 5.91 Å². The van der Waals surface area contributed by atoms with E-state index in [9.17, 15) is 9.18 Å². The Kier molecular flexibility index (Phi) is 6.74. The van der Waals surface area contributed by atoms with Gasteiger partial charge < -0.3 is 14.6 Å². The van der Waals surface area contributed by atoms with Gasteiger partial charge in [-0.05, 0) is 62.9 Å². The fraction of sp³-hybridized carbons (Fsp3) is 0.444. The van der Waals surface area contributed by atoms with Gasteiger partial charge in [-0.2, -0.15) is 0 Å². The van der Waals surface area contributed by atoms with Crippen LogP contribution in [0.3, 0.4) is 0 Å². The van der Waals surface area contributed by atoms with Crippen LogP contribution in [-0.4, -0.2) is 59.6 Å². The summed E-state index contributed by atoms with van der Waals surface area (Å²) >= 11 is 0. The van der Waals surface area contributed by atoms with Crippen molar-refractivity contribution in [3.8, 4) is 0 Å². The lowest BCUT2D eigenvalue weighted by Gasteiger charge is -2.35. The zero-order chi connectivity index (χ0) is 22.6. The summed E-state index contributed by atoms with van der Waals surface area (Å²) in [6, 6.07) is 17.0. The maximum atomic E-state index is 14.0. The first-order valence-electron chi connectivity index (χ1n) is 12.1. The summed E-state index contributed by atoms with van der Waals surface area (Å²) in [6.07, 6.45) is 4.22. The molecule has 2 fully saturated rings. The fourth-order valence-corrected chi connectivity index (χ4v) is 5.14. The Labute approximate surface area is 194 Å². The molecule has 0 aliphatic carbocycles. The van der Waals surface area contributed by atoms with Crippen molar-refractivity contribution in [1.29, 1.82) is 0 Å². The number of rotatable bonds is 7. The number of ether oxygens (including phenoxy) is 1. The van der Waals surface area contributed by atoms with E-state index in [-0.39, 0.29) is 17.8 Å². The van der Waals surface area contributed by atoms with Crippen molar-refractivity contribution in [3.63, 3.8) is 0 Å². The number of aromatic amines is 1. The van der Waals surface area contributed by atoms with E-state index in [4.69, 9.17) is 4.74 Å². The van der Waals surface area contributed by atoms with E-state index < -0.39 is 0 Å². The molecule has 174 valence electrons. The smallest absolute Gasteiger partial charge is 0.270 e. The zero-order valence-electron chi connectivity index (χ0n) is 19.0. The quantitative estimate of drug-likeness (QED) is 0.562. The summed E-state index contributed by atoms with van der Waals surface area (Å²) in [5, 5.41) is 1.05. The molecular weight excluding hydrogens is 417 g/mol. The minimum atomic E-state index is -0.133. The normalized spacial score (nSPS) is 19.8. The Hall–Kier alpha value is -2.70. The van der Waals surface area contributed by atoms with E-state index in [1.165, 1.54) is 6.07 Å². The number of fused-ring (bicyclic) bond motifs is 1. The van der Waals surface area contributed by atoms with Gasteiger partial charge in [-0.25, -0.2) is 4.39 Å². The lowest BCUT2D eigenvalue weighted by molar-refractivity contribution is 0.0441. The fourth-order valence-electron chi connectivity index (χ4n) is 5.14. The van der Waals surface area contributed by atoms with E-state index in [2.05, 4.69) is 9.88 Å². The molecule has 1 N–H and O–H groups in total. The van der Waals surface area contributed by atoms with Gasteiger partial charge in [-0.15, -0.1) is 0 Å². The average molecular weight is 450 g/mol. The summed E-state index contributed by atoms with van der Waals surface area (Å²) in [5.41, 5.74) is 2.38.